The first-order valence-electron chi connectivity index (χ1n) is 9.20. The number of aliphatic imine (C=N–C) groups is 1. The average molecular weight is 376 g/mol. The van der Waals surface area contributed by atoms with E-state index in [0.717, 1.165) is 37.4 Å². The molecule has 1 fully saturated rings. The lowest BCUT2D eigenvalue weighted by molar-refractivity contribution is 0.204. The molecule has 0 aliphatic carbocycles. The number of hydrogen-bond acceptors (Lipinski definition) is 4. The van der Waals surface area contributed by atoms with Gasteiger partial charge in [-0.3, -0.25) is 4.99 Å². The van der Waals surface area contributed by atoms with Crippen LogP contribution < -0.4 is 10.6 Å². The van der Waals surface area contributed by atoms with Gasteiger partial charge in [0.2, 0.25) is 0 Å². The molecule has 1 saturated heterocycles. The molecule has 0 atom stereocenters. The van der Waals surface area contributed by atoms with Gasteiger partial charge in [0, 0.05) is 53.2 Å². The highest BCUT2D eigenvalue weighted by molar-refractivity contribution is 7.22. The van der Waals surface area contributed by atoms with Crippen LogP contribution in [0.2, 0.25) is 0 Å². The average Bonchev–Trinajstić information content (AvgIpc) is 3.34. The Bertz CT molecular complexity index is 1020. The molecule has 2 amide bonds. The van der Waals surface area contributed by atoms with Crippen molar-refractivity contribution in [2.45, 2.75) is 6.54 Å². The molecule has 0 radical (unpaired) electrons. The minimum absolute atomic E-state index is 0.0336. The van der Waals surface area contributed by atoms with Crippen LogP contribution in [0, 0.1) is 0 Å². The van der Waals surface area contributed by atoms with Crippen LogP contribution in [0.25, 0.3) is 20.5 Å². The number of fused-ring (bicyclic) bond motifs is 2. The van der Waals surface area contributed by atoms with E-state index in [1.54, 1.807) is 11.3 Å². The van der Waals surface area contributed by atoms with Crippen molar-refractivity contribution in [3.63, 3.8) is 0 Å². The molecule has 27 heavy (non-hydrogen) atoms. The number of nitrogens with zero attached hydrogens (tertiary/aromatic N) is 2. The molecule has 136 valence electrons. The molecule has 0 unspecified atom stereocenters. The number of hydrogen-bond donors (Lipinski definition) is 2. The molecule has 0 saturated carbocycles. The molecule has 0 bridgehead atoms. The highest BCUT2D eigenvalue weighted by atomic mass is 32.1. The highest BCUT2D eigenvalue weighted by Gasteiger charge is 2.20. The van der Waals surface area contributed by atoms with E-state index >= 15 is 0 Å². The monoisotopic (exact) mass is 376 g/mol. The number of benzene rings is 2. The van der Waals surface area contributed by atoms with Crippen molar-refractivity contribution in [1.29, 1.82) is 0 Å². The predicted octanol–water partition coefficient (Wildman–Crippen LogP) is 3.94. The van der Waals surface area contributed by atoms with Gasteiger partial charge in [0.15, 0.2) is 0 Å². The van der Waals surface area contributed by atoms with Gasteiger partial charge in [-0.1, -0.05) is 18.2 Å². The maximum Gasteiger partial charge on any atom is 0.321 e. The number of piperazine rings is 1. The standard InChI is InChI=1S/C21H20N4OS/c26-21(25-7-5-22-6-8-25)24-16-9-15-12-23-13-18(15)17(11-16)20-10-14-3-1-2-4-19(14)27-20/h1-4,9-12,22H,5-8,13H2,(H,24,26). The Morgan fingerprint density at radius 3 is 2.85 bits per heavy atom. The van der Waals surface area contributed by atoms with E-state index < -0.39 is 0 Å². The van der Waals surface area contributed by atoms with Crippen molar-refractivity contribution in [3.05, 3.63) is 53.6 Å². The van der Waals surface area contributed by atoms with Gasteiger partial charge in [-0.05, 0) is 40.8 Å². The quantitative estimate of drug-likeness (QED) is 0.712. The summed E-state index contributed by atoms with van der Waals surface area (Å²) in [4.78, 5) is 20.1. The molecule has 5 rings (SSSR count). The summed E-state index contributed by atoms with van der Waals surface area (Å²) in [6.45, 7) is 3.86. The van der Waals surface area contributed by atoms with E-state index in [2.05, 4.69) is 52.0 Å². The summed E-state index contributed by atoms with van der Waals surface area (Å²) < 4.78 is 1.27. The molecule has 6 heteroatoms. The smallest absolute Gasteiger partial charge is 0.321 e. The van der Waals surface area contributed by atoms with Crippen LogP contribution in [0.4, 0.5) is 10.5 Å². The molecule has 1 aromatic heterocycles. The zero-order chi connectivity index (χ0) is 18.2. The van der Waals surface area contributed by atoms with Crippen LogP contribution in [-0.4, -0.2) is 43.3 Å². The van der Waals surface area contributed by atoms with Crippen LogP contribution in [0.1, 0.15) is 11.1 Å². The fraction of sp³-hybridized carbons (Fsp3) is 0.238. The molecule has 0 spiro atoms. The lowest BCUT2D eigenvalue weighted by atomic mass is 10.0. The lowest BCUT2D eigenvalue weighted by Crippen LogP contribution is -2.48. The highest BCUT2D eigenvalue weighted by Crippen LogP contribution is 2.39. The van der Waals surface area contributed by atoms with Gasteiger partial charge in [0.05, 0.1) is 6.54 Å². The Labute approximate surface area is 161 Å². The molecule has 2 N–H and O–H groups in total. The van der Waals surface area contributed by atoms with Crippen LogP contribution >= 0.6 is 11.3 Å². The van der Waals surface area contributed by atoms with E-state index in [9.17, 15) is 4.79 Å². The van der Waals surface area contributed by atoms with Crippen molar-refractivity contribution in [2.24, 2.45) is 4.99 Å². The number of carbonyl (C=O) groups is 1. The third-order valence-corrected chi connectivity index (χ3v) is 6.26. The van der Waals surface area contributed by atoms with Crippen LogP contribution in [0.3, 0.4) is 0 Å². The van der Waals surface area contributed by atoms with Gasteiger partial charge in [-0.25, -0.2) is 4.79 Å². The van der Waals surface area contributed by atoms with Crippen LogP contribution in [-0.2, 0) is 6.54 Å². The summed E-state index contributed by atoms with van der Waals surface area (Å²) in [7, 11) is 0. The summed E-state index contributed by atoms with van der Waals surface area (Å²) in [5.74, 6) is 0. The first kappa shape index (κ1) is 16.5. The van der Waals surface area contributed by atoms with Gasteiger partial charge in [-0.15, -0.1) is 11.3 Å². The SMILES string of the molecule is O=C(Nc1cc2c(c(-c3cc4ccccc4s3)c1)CN=C2)N1CCNCC1. The Kier molecular flexibility index (Phi) is 4.14. The van der Waals surface area contributed by atoms with Crippen molar-refractivity contribution in [3.8, 4) is 10.4 Å². The van der Waals surface area contributed by atoms with Crippen molar-refractivity contribution in [2.75, 3.05) is 31.5 Å². The molecule has 5 nitrogen and oxygen atoms in total. The third-order valence-electron chi connectivity index (χ3n) is 5.11. The van der Waals surface area contributed by atoms with Gasteiger partial charge in [0.1, 0.15) is 0 Å². The van der Waals surface area contributed by atoms with Gasteiger partial charge < -0.3 is 15.5 Å². The van der Waals surface area contributed by atoms with Crippen LogP contribution in [0.15, 0.2) is 47.5 Å². The summed E-state index contributed by atoms with van der Waals surface area (Å²) in [5.41, 5.74) is 4.34. The van der Waals surface area contributed by atoms with Gasteiger partial charge in [0.25, 0.3) is 0 Å². The zero-order valence-corrected chi connectivity index (χ0v) is 15.7. The number of urea groups is 1. The third kappa shape index (κ3) is 3.11. The van der Waals surface area contributed by atoms with Crippen LogP contribution in [0.5, 0.6) is 0 Å². The Morgan fingerprint density at radius 1 is 1.15 bits per heavy atom. The van der Waals surface area contributed by atoms with E-state index in [1.165, 1.54) is 26.1 Å². The first-order valence-corrected chi connectivity index (χ1v) is 10.0. The summed E-state index contributed by atoms with van der Waals surface area (Å²) in [6.07, 6.45) is 1.91. The number of anilines is 1. The molecule has 2 aliphatic heterocycles. The minimum atomic E-state index is -0.0336. The Morgan fingerprint density at radius 2 is 2.00 bits per heavy atom. The molecule has 2 aliphatic rings. The maximum absolute atomic E-state index is 12.6. The maximum atomic E-state index is 12.6. The van der Waals surface area contributed by atoms with E-state index in [0.29, 0.717) is 6.54 Å². The second-order valence-electron chi connectivity index (χ2n) is 6.88. The number of nitrogens with one attached hydrogen (secondary N) is 2. The fourth-order valence-electron chi connectivity index (χ4n) is 3.70. The van der Waals surface area contributed by atoms with E-state index in [4.69, 9.17) is 0 Å². The summed E-state index contributed by atoms with van der Waals surface area (Å²) >= 11 is 1.79. The van der Waals surface area contributed by atoms with Gasteiger partial charge >= 0.3 is 6.03 Å². The second-order valence-corrected chi connectivity index (χ2v) is 7.96. The second kappa shape index (κ2) is 6.79. The predicted molar refractivity (Wildman–Crippen MR) is 112 cm³/mol. The van der Waals surface area contributed by atoms with Crippen molar-refractivity contribution in [1.82, 2.24) is 10.2 Å². The largest absolute Gasteiger partial charge is 0.322 e. The summed E-state index contributed by atoms with van der Waals surface area (Å²) in [5, 5.41) is 7.61. The molecular weight excluding hydrogens is 356 g/mol. The zero-order valence-electron chi connectivity index (χ0n) is 14.9. The van der Waals surface area contributed by atoms with E-state index in [-0.39, 0.29) is 6.03 Å². The topological polar surface area (TPSA) is 56.7 Å². The number of carbonyl (C=O) groups excluding carboxylic acids is 1. The molecule has 3 aromatic rings. The first-order chi connectivity index (χ1) is 13.3. The molecule has 3 heterocycles. The normalized spacial score (nSPS) is 15.9. The number of amides is 2. The lowest BCUT2D eigenvalue weighted by Gasteiger charge is -2.27. The minimum Gasteiger partial charge on any atom is -0.322 e. The Balaban J connectivity index is 1.51. The van der Waals surface area contributed by atoms with Crippen molar-refractivity contribution >= 4 is 39.4 Å². The number of rotatable bonds is 2. The van der Waals surface area contributed by atoms with E-state index in [1.807, 2.05) is 17.2 Å². The fourth-order valence-corrected chi connectivity index (χ4v) is 4.80. The molecule has 2 aromatic carbocycles. The Hall–Kier alpha value is -2.70. The number of thiophene rings is 1. The van der Waals surface area contributed by atoms with Crippen molar-refractivity contribution < 1.29 is 4.79 Å². The van der Waals surface area contributed by atoms with Gasteiger partial charge in [-0.2, -0.15) is 0 Å². The summed E-state index contributed by atoms with van der Waals surface area (Å²) in [6, 6.07) is 14.8. The molecular formula is C21H20N4OS.